The molecule has 0 fully saturated rings. The van der Waals surface area contributed by atoms with Crippen LogP contribution in [0.15, 0.2) is 36.4 Å². The van der Waals surface area contributed by atoms with E-state index in [0.717, 1.165) is 11.1 Å². The van der Waals surface area contributed by atoms with Crippen LogP contribution in [0.1, 0.15) is 12.5 Å². The van der Waals surface area contributed by atoms with Gasteiger partial charge >= 0.3 is 5.97 Å². The molecule has 0 aliphatic heterocycles. The van der Waals surface area contributed by atoms with Crippen molar-refractivity contribution in [2.45, 2.75) is 6.92 Å². The Hall–Kier alpha value is -1.61. The van der Waals surface area contributed by atoms with Gasteiger partial charge in [0.2, 0.25) is 0 Å². The Kier molecular flexibility index (Phi) is 3.23. The van der Waals surface area contributed by atoms with Crippen LogP contribution < -0.4 is 0 Å². The van der Waals surface area contributed by atoms with Crippen LogP contribution in [0, 0.1) is 0 Å². The van der Waals surface area contributed by atoms with E-state index >= 15 is 0 Å². The lowest BCUT2D eigenvalue weighted by Gasteiger charge is -1.98. The lowest BCUT2D eigenvalue weighted by atomic mass is 10.1. The standard InChI is InChI=1S/C10H10O3/c1-8(7-10(11)13-12)9-5-3-2-4-6-9/h2-7,12H,1H3. The summed E-state index contributed by atoms with van der Waals surface area (Å²) in [7, 11) is 0. The molecule has 0 atom stereocenters. The van der Waals surface area contributed by atoms with Gasteiger partial charge in [-0.1, -0.05) is 30.3 Å². The topological polar surface area (TPSA) is 46.5 Å². The highest BCUT2D eigenvalue weighted by Gasteiger charge is 1.99. The molecular weight excluding hydrogens is 168 g/mol. The van der Waals surface area contributed by atoms with Gasteiger partial charge in [0.05, 0.1) is 0 Å². The van der Waals surface area contributed by atoms with Gasteiger partial charge in [-0.2, -0.15) is 5.26 Å². The van der Waals surface area contributed by atoms with Crippen molar-refractivity contribution in [3.63, 3.8) is 0 Å². The molecule has 1 aromatic carbocycles. The van der Waals surface area contributed by atoms with Crippen molar-refractivity contribution in [3.8, 4) is 0 Å². The summed E-state index contributed by atoms with van der Waals surface area (Å²) < 4.78 is 0. The van der Waals surface area contributed by atoms with Crippen molar-refractivity contribution in [1.82, 2.24) is 0 Å². The molecule has 0 saturated heterocycles. The van der Waals surface area contributed by atoms with E-state index in [9.17, 15) is 4.79 Å². The average molecular weight is 178 g/mol. The van der Waals surface area contributed by atoms with E-state index in [0.29, 0.717) is 0 Å². The second-order valence-corrected chi connectivity index (χ2v) is 2.60. The van der Waals surface area contributed by atoms with Gasteiger partial charge < -0.3 is 0 Å². The monoisotopic (exact) mass is 178 g/mol. The fraction of sp³-hybridized carbons (Fsp3) is 0.100. The molecule has 0 aliphatic rings. The largest absolute Gasteiger partial charge is 0.365 e. The van der Waals surface area contributed by atoms with Crippen LogP contribution in [0.4, 0.5) is 0 Å². The highest BCUT2D eigenvalue weighted by atomic mass is 17.1. The maximum absolute atomic E-state index is 10.6. The quantitative estimate of drug-likeness (QED) is 0.428. The van der Waals surface area contributed by atoms with Gasteiger partial charge in [-0.15, -0.1) is 0 Å². The molecule has 0 amide bonds. The van der Waals surface area contributed by atoms with Gasteiger partial charge in [-0.25, -0.2) is 4.79 Å². The third-order valence-electron chi connectivity index (χ3n) is 1.65. The summed E-state index contributed by atoms with van der Waals surface area (Å²) in [6.45, 7) is 1.77. The summed E-state index contributed by atoms with van der Waals surface area (Å²) >= 11 is 0. The van der Waals surface area contributed by atoms with Crippen molar-refractivity contribution in [2.75, 3.05) is 0 Å². The summed E-state index contributed by atoms with van der Waals surface area (Å²) in [5, 5.41) is 8.04. The van der Waals surface area contributed by atoms with Crippen LogP contribution in [0.25, 0.3) is 5.57 Å². The lowest BCUT2D eigenvalue weighted by molar-refractivity contribution is -0.228. The summed E-state index contributed by atoms with van der Waals surface area (Å²) in [4.78, 5) is 14.2. The van der Waals surface area contributed by atoms with Crippen LogP contribution in [-0.4, -0.2) is 11.2 Å². The van der Waals surface area contributed by atoms with E-state index in [1.807, 2.05) is 30.3 Å². The molecule has 0 aromatic heterocycles. The second-order valence-electron chi connectivity index (χ2n) is 2.60. The highest BCUT2D eigenvalue weighted by molar-refractivity contribution is 5.90. The first-order chi connectivity index (χ1) is 6.24. The average Bonchev–Trinajstić information content (AvgIpc) is 2.19. The first-order valence-corrected chi connectivity index (χ1v) is 3.83. The SMILES string of the molecule is CC(=CC(=O)OO)c1ccccc1. The van der Waals surface area contributed by atoms with E-state index in [1.54, 1.807) is 6.92 Å². The third-order valence-corrected chi connectivity index (χ3v) is 1.65. The molecule has 3 nitrogen and oxygen atoms in total. The molecule has 0 saturated carbocycles. The Morgan fingerprint density at radius 1 is 1.38 bits per heavy atom. The van der Waals surface area contributed by atoms with Crippen molar-refractivity contribution in [1.29, 1.82) is 0 Å². The zero-order valence-corrected chi connectivity index (χ0v) is 7.23. The summed E-state index contributed by atoms with van der Waals surface area (Å²) in [5.74, 6) is -0.763. The Morgan fingerprint density at radius 2 is 2.00 bits per heavy atom. The molecule has 0 unspecified atom stereocenters. The first-order valence-electron chi connectivity index (χ1n) is 3.83. The van der Waals surface area contributed by atoms with Crippen LogP contribution in [0.3, 0.4) is 0 Å². The predicted octanol–water partition coefficient (Wildman–Crippen LogP) is 2.11. The molecule has 0 bridgehead atoms. The molecule has 68 valence electrons. The number of hydrogen-bond acceptors (Lipinski definition) is 3. The fourth-order valence-corrected chi connectivity index (χ4v) is 0.988. The van der Waals surface area contributed by atoms with Crippen molar-refractivity contribution < 1.29 is 14.9 Å². The number of rotatable bonds is 2. The summed E-state index contributed by atoms with van der Waals surface area (Å²) in [6, 6.07) is 9.38. The van der Waals surface area contributed by atoms with Gasteiger partial charge in [0.25, 0.3) is 0 Å². The Morgan fingerprint density at radius 3 is 2.54 bits per heavy atom. The smallest absolute Gasteiger partial charge is 0.296 e. The van der Waals surface area contributed by atoms with Crippen LogP contribution in [0.5, 0.6) is 0 Å². The van der Waals surface area contributed by atoms with Crippen LogP contribution in [0.2, 0.25) is 0 Å². The zero-order chi connectivity index (χ0) is 9.68. The number of hydrogen-bond donors (Lipinski definition) is 1. The van der Waals surface area contributed by atoms with E-state index in [2.05, 4.69) is 4.89 Å². The minimum atomic E-state index is -0.763. The Balaban J connectivity index is 2.85. The molecule has 0 spiro atoms. The minimum absolute atomic E-state index is 0.750. The number of benzene rings is 1. The second kappa shape index (κ2) is 4.42. The molecule has 0 radical (unpaired) electrons. The van der Waals surface area contributed by atoms with Gasteiger partial charge in [0, 0.05) is 6.08 Å². The fourth-order valence-electron chi connectivity index (χ4n) is 0.988. The maximum Gasteiger partial charge on any atom is 0.365 e. The number of allylic oxidation sites excluding steroid dienone is 1. The molecule has 1 aromatic rings. The van der Waals surface area contributed by atoms with Gasteiger partial charge in [0.1, 0.15) is 0 Å². The minimum Gasteiger partial charge on any atom is -0.296 e. The van der Waals surface area contributed by atoms with E-state index in [-0.39, 0.29) is 0 Å². The summed E-state index contributed by atoms with van der Waals surface area (Å²) in [5.41, 5.74) is 1.67. The van der Waals surface area contributed by atoms with E-state index in [1.165, 1.54) is 6.08 Å². The molecule has 1 N–H and O–H groups in total. The van der Waals surface area contributed by atoms with Crippen LogP contribution >= 0.6 is 0 Å². The van der Waals surface area contributed by atoms with Crippen molar-refractivity contribution in [2.24, 2.45) is 0 Å². The number of carbonyl (C=O) groups is 1. The van der Waals surface area contributed by atoms with E-state index < -0.39 is 5.97 Å². The summed E-state index contributed by atoms with van der Waals surface area (Å²) in [6.07, 6.45) is 1.23. The Labute approximate surface area is 76.2 Å². The molecular formula is C10H10O3. The van der Waals surface area contributed by atoms with Crippen molar-refractivity contribution >= 4 is 11.5 Å². The lowest BCUT2D eigenvalue weighted by Crippen LogP contribution is -1.96. The zero-order valence-electron chi connectivity index (χ0n) is 7.23. The molecule has 13 heavy (non-hydrogen) atoms. The third kappa shape index (κ3) is 2.72. The molecule has 0 heterocycles. The van der Waals surface area contributed by atoms with Gasteiger partial charge in [0.15, 0.2) is 0 Å². The van der Waals surface area contributed by atoms with E-state index in [4.69, 9.17) is 5.26 Å². The predicted molar refractivity (Wildman–Crippen MR) is 48.8 cm³/mol. The normalized spacial score (nSPS) is 11.1. The highest BCUT2D eigenvalue weighted by Crippen LogP contribution is 2.12. The molecule has 3 heteroatoms. The van der Waals surface area contributed by atoms with Crippen LogP contribution in [-0.2, 0) is 9.68 Å². The van der Waals surface area contributed by atoms with Crippen molar-refractivity contribution in [3.05, 3.63) is 42.0 Å². The molecule has 1 rings (SSSR count). The van der Waals surface area contributed by atoms with Gasteiger partial charge in [-0.05, 0) is 18.1 Å². The number of carbonyl (C=O) groups excluding carboxylic acids is 1. The maximum atomic E-state index is 10.6. The van der Waals surface area contributed by atoms with Gasteiger partial charge in [-0.3, -0.25) is 4.89 Å². The molecule has 0 aliphatic carbocycles. The Bertz CT molecular complexity index is 314. The first kappa shape index (κ1) is 9.48.